The fourth-order valence-corrected chi connectivity index (χ4v) is 2.85. The Kier molecular flexibility index (Phi) is 4.61. The number of alkyl halides is 1. The van der Waals surface area contributed by atoms with Crippen molar-refractivity contribution in [2.24, 2.45) is 5.92 Å². The molecule has 108 valence electrons. The average molecular weight is 272 g/mol. The van der Waals surface area contributed by atoms with Gasteiger partial charge < -0.3 is 10.1 Å². The number of halogens is 1. The molecule has 1 saturated carbocycles. The lowest BCUT2D eigenvalue weighted by molar-refractivity contribution is -0.146. The number of amides is 2. The summed E-state index contributed by atoms with van der Waals surface area (Å²) >= 11 is 0. The second kappa shape index (κ2) is 6.21. The molecule has 6 heteroatoms. The summed E-state index contributed by atoms with van der Waals surface area (Å²) < 4.78 is 18.1. The molecule has 2 fully saturated rings. The molecule has 1 N–H and O–H groups in total. The fraction of sp³-hybridized carbons (Fsp3) is 0.846. The number of nitrogens with zero attached hydrogens (tertiary/aromatic N) is 1. The van der Waals surface area contributed by atoms with Gasteiger partial charge in [-0.1, -0.05) is 0 Å². The van der Waals surface area contributed by atoms with Crippen LogP contribution in [-0.2, 0) is 9.53 Å². The summed E-state index contributed by atoms with van der Waals surface area (Å²) in [4.78, 5) is 24.5. The molecule has 1 aliphatic carbocycles. The van der Waals surface area contributed by atoms with E-state index in [0.717, 1.165) is 32.1 Å². The number of likely N-dealkylation sites (tertiary alicyclic amines) is 1. The molecule has 1 aliphatic heterocycles. The highest BCUT2D eigenvalue weighted by Crippen LogP contribution is 2.26. The van der Waals surface area contributed by atoms with Crippen molar-refractivity contribution in [3.05, 3.63) is 0 Å². The summed E-state index contributed by atoms with van der Waals surface area (Å²) in [5.74, 6) is -0.230. The van der Waals surface area contributed by atoms with Gasteiger partial charge in [-0.2, -0.15) is 0 Å². The topological polar surface area (TPSA) is 58.6 Å². The van der Waals surface area contributed by atoms with E-state index in [9.17, 15) is 14.0 Å². The van der Waals surface area contributed by atoms with Gasteiger partial charge in [-0.05, 0) is 38.5 Å². The number of hydrogen-bond donors (Lipinski definition) is 1. The van der Waals surface area contributed by atoms with Crippen LogP contribution in [0.25, 0.3) is 0 Å². The summed E-state index contributed by atoms with van der Waals surface area (Å²) in [5.41, 5.74) is 0. The van der Waals surface area contributed by atoms with Crippen molar-refractivity contribution in [2.45, 2.75) is 50.9 Å². The highest BCUT2D eigenvalue weighted by atomic mass is 19.1. The van der Waals surface area contributed by atoms with Crippen LogP contribution in [0.15, 0.2) is 0 Å². The Hall–Kier alpha value is -1.33. The minimum Gasteiger partial charge on any atom is -0.469 e. The second-order valence-electron chi connectivity index (χ2n) is 5.29. The van der Waals surface area contributed by atoms with Crippen molar-refractivity contribution in [1.82, 2.24) is 10.2 Å². The summed E-state index contributed by atoms with van der Waals surface area (Å²) in [6.07, 6.45) is 2.94. The van der Waals surface area contributed by atoms with Gasteiger partial charge in [-0.3, -0.25) is 9.69 Å². The molecule has 2 aliphatic rings. The standard InChI is InChI=1S/C13H21FN2O3/c1-19-12(17)9-4-6-10(7-5-9)15-13(18)16-8-2-3-11(16)14/h9-11H,2-8H2,1H3,(H,15,18)/t9-,10-,11-/m1/s1. The van der Waals surface area contributed by atoms with Crippen LogP contribution >= 0.6 is 0 Å². The van der Waals surface area contributed by atoms with Crippen molar-refractivity contribution in [3.8, 4) is 0 Å². The summed E-state index contributed by atoms with van der Waals surface area (Å²) in [6.45, 7) is 0.491. The molecule has 0 aromatic rings. The van der Waals surface area contributed by atoms with E-state index in [1.54, 1.807) is 0 Å². The number of esters is 1. The van der Waals surface area contributed by atoms with E-state index in [2.05, 4.69) is 5.32 Å². The third kappa shape index (κ3) is 3.36. The molecule has 0 aromatic heterocycles. The van der Waals surface area contributed by atoms with Gasteiger partial charge in [0.15, 0.2) is 6.30 Å². The SMILES string of the molecule is COC(=O)[C@H]1CC[C@H](NC(=O)N2CCC[C@@H]2F)CC1. The van der Waals surface area contributed by atoms with Gasteiger partial charge in [-0.15, -0.1) is 0 Å². The van der Waals surface area contributed by atoms with E-state index < -0.39 is 6.30 Å². The zero-order valence-corrected chi connectivity index (χ0v) is 11.2. The predicted octanol–water partition coefficient (Wildman–Crippen LogP) is 1.82. The van der Waals surface area contributed by atoms with E-state index in [-0.39, 0.29) is 24.0 Å². The van der Waals surface area contributed by atoms with Crippen LogP contribution in [0.2, 0.25) is 0 Å². The minimum absolute atomic E-state index is 0.0428. The number of nitrogens with one attached hydrogen (secondary N) is 1. The molecule has 2 rings (SSSR count). The number of ether oxygens (including phenoxy) is 1. The van der Waals surface area contributed by atoms with Crippen LogP contribution in [-0.4, -0.2) is 42.9 Å². The van der Waals surface area contributed by atoms with E-state index in [0.29, 0.717) is 13.0 Å². The zero-order valence-electron chi connectivity index (χ0n) is 11.2. The van der Waals surface area contributed by atoms with Crippen LogP contribution in [0, 0.1) is 5.92 Å². The maximum Gasteiger partial charge on any atom is 0.319 e. The number of carbonyl (C=O) groups excluding carboxylic acids is 2. The molecular weight excluding hydrogens is 251 g/mol. The van der Waals surface area contributed by atoms with Gasteiger partial charge in [0.05, 0.1) is 13.0 Å². The van der Waals surface area contributed by atoms with Gasteiger partial charge in [-0.25, -0.2) is 9.18 Å². The van der Waals surface area contributed by atoms with Crippen LogP contribution in [0.3, 0.4) is 0 Å². The molecule has 2 amide bonds. The summed E-state index contributed by atoms with van der Waals surface area (Å²) in [5, 5.41) is 2.86. The maximum absolute atomic E-state index is 13.4. The van der Waals surface area contributed by atoms with E-state index in [1.807, 2.05) is 0 Å². The number of rotatable bonds is 2. The third-order valence-corrected chi connectivity index (χ3v) is 4.03. The molecule has 1 atom stereocenters. The molecule has 0 spiro atoms. The quantitative estimate of drug-likeness (QED) is 0.616. The van der Waals surface area contributed by atoms with Crippen LogP contribution in [0.5, 0.6) is 0 Å². The van der Waals surface area contributed by atoms with Crippen LogP contribution in [0.4, 0.5) is 9.18 Å². The second-order valence-corrected chi connectivity index (χ2v) is 5.29. The molecule has 0 radical (unpaired) electrons. The average Bonchev–Trinajstić information content (AvgIpc) is 2.85. The number of carbonyl (C=O) groups is 2. The molecule has 0 aromatic carbocycles. The Bertz CT molecular complexity index is 343. The normalized spacial score (nSPS) is 31.1. The largest absolute Gasteiger partial charge is 0.469 e. The van der Waals surface area contributed by atoms with Crippen molar-refractivity contribution in [3.63, 3.8) is 0 Å². The number of methoxy groups -OCH3 is 1. The Morgan fingerprint density at radius 2 is 1.89 bits per heavy atom. The Labute approximate surface area is 112 Å². The highest BCUT2D eigenvalue weighted by Gasteiger charge is 2.32. The Morgan fingerprint density at radius 1 is 1.21 bits per heavy atom. The first-order valence-corrected chi connectivity index (χ1v) is 6.91. The monoisotopic (exact) mass is 272 g/mol. The molecule has 0 bridgehead atoms. The molecule has 19 heavy (non-hydrogen) atoms. The van der Waals surface area contributed by atoms with Gasteiger partial charge >= 0.3 is 12.0 Å². The number of hydrogen-bond acceptors (Lipinski definition) is 3. The van der Waals surface area contributed by atoms with Crippen molar-refractivity contribution in [2.75, 3.05) is 13.7 Å². The van der Waals surface area contributed by atoms with Gasteiger partial charge in [0.25, 0.3) is 0 Å². The fourth-order valence-electron chi connectivity index (χ4n) is 2.85. The molecular formula is C13H21FN2O3. The molecule has 5 nitrogen and oxygen atoms in total. The molecule has 0 unspecified atom stereocenters. The zero-order chi connectivity index (χ0) is 13.8. The third-order valence-electron chi connectivity index (χ3n) is 4.03. The Morgan fingerprint density at radius 3 is 2.42 bits per heavy atom. The minimum atomic E-state index is -1.15. The van der Waals surface area contributed by atoms with Gasteiger partial charge in [0.1, 0.15) is 0 Å². The lowest BCUT2D eigenvalue weighted by Gasteiger charge is -2.29. The predicted molar refractivity (Wildman–Crippen MR) is 67.1 cm³/mol. The van der Waals surface area contributed by atoms with Gasteiger partial charge in [0, 0.05) is 12.6 Å². The van der Waals surface area contributed by atoms with Crippen LogP contribution < -0.4 is 5.32 Å². The Balaban J connectivity index is 1.76. The molecule has 1 saturated heterocycles. The lowest BCUT2D eigenvalue weighted by Crippen LogP contribution is -2.47. The van der Waals surface area contributed by atoms with E-state index in [1.165, 1.54) is 12.0 Å². The van der Waals surface area contributed by atoms with Crippen LogP contribution in [0.1, 0.15) is 38.5 Å². The van der Waals surface area contributed by atoms with E-state index >= 15 is 0 Å². The lowest BCUT2D eigenvalue weighted by atomic mass is 9.86. The molecule has 1 heterocycles. The smallest absolute Gasteiger partial charge is 0.319 e. The van der Waals surface area contributed by atoms with Gasteiger partial charge in [0.2, 0.25) is 0 Å². The summed E-state index contributed by atoms with van der Waals surface area (Å²) in [6, 6.07) is -0.271. The van der Waals surface area contributed by atoms with Crippen molar-refractivity contribution in [1.29, 1.82) is 0 Å². The first-order chi connectivity index (χ1) is 9.11. The first-order valence-electron chi connectivity index (χ1n) is 6.91. The first kappa shape index (κ1) is 14.1. The number of urea groups is 1. The van der Waals surface area contributed by atoms with Crippen molar-refractivity contribution < 1.29 is 18.7 Å². The van der Waals surface area contributed by atoms with Crippen molar-refractivity contribution >= 4 is 12.0 Å². The highest BCUT2D eigenvalue weighted by molar-refractivity contribution is 5.75. The summed E-state index contributed by atoms with van der Waals surface area (Å²) in [7, 11) is 1.39. The maximum atomic E-state index is 13.4. The van der Waals surface area contributed by atoms with E-state index in [4.69, 9.17) is 4.74 Å².